The molecule has 1 atom stereocenters. The molecular weight excluding hydrogens is 466 g/mol. The molecule has 1 aromatic heterocycles. The third kappa shape index (κ3) is 2.97. The minimum absolute atomic E-state index is 0.0734. The van der Waals surface area contributed by atoms with Crippen molar-refractivity contribution in [1.82, 2.24) is 0 Å². The van der Waals surface area contributed by atoms with Crippen LogP contribution in [0.15, 0.2) is 80.4 Å². The van der Waals surface area contributed by atoms with Crippen LogP contribution in [-0.4, -0.2) is 5.91 Å². The highest BCUT2D eigenvalue weighted by atomic mass is 79.9. The molecule has 1 aliphatic heterocycles. The van der Waals surface area contributed by atoms with Crippen molar-refractivity contribution in [2.24, 2.45) is 0 Å². The highest BCUT2D eigenvalue weighted by Crippen LogP contribution is 2.41. The van der Waals surface area contributed by atoms with Gasteiger partial charge in [-0.15, -0.1) is 0 Å². The van der Waals surface area contributed by atoms with Crippen molar-refractivity contribution in [3.05, 3.63) is 109 Å². The maximum atomic E-state index is 13.5. The Balaban J connectivity index is 1.83. The summed E-state index contributed by atoms with van der Waals surface area (Å²) < 4.78 is 6.88. The number of amides is 1. The summed E-state index contributed by atoms with van der Waals surface area (Å²) in [6.45, 7) is 1.92. The van der Waals surface area contributed by atoms with Crippen LogP contribution in [0.4, 0.5) is 5.69 Å². The van der Waals surface area contributed by atoms with Gasteiger partial charge in [0.1, 0.15) is 5.58 Å². The van der Waals surface area contributed by atoms with E-state index in [0.717, 1.165) is 15.6 Å². The zero-order valence-corrected chi connectivity index (χ0v) is 18.2. The number of fused-ring (bicyclic) bond motifs is 2. The molecule has 0 saturated heterocycles. The van der Waals surface area contributed by atoms with Gasteiger partial charge in [0.05, 0.1) is 17.0 Å². The van der Waals surface area contributed by atoms with Crippen molar-refractivity contribution in [3.8, 4) is 0 Å². The molecular formula is C24H15BrClNO3. The molecule has 30 heavy (non-hydrogen) atoms. The molecule has 0 fully saturated rings. The largest absolute Gasteiger partial charge is 0.450 e. The number of rotatable bonds is 2. The quantitative estimate of drug-likeness (QED) is 0.340. The Bertz CT molecular complexity index is 1380. The van der Waals surface area contributed by atoms with Gasteiger partial charge < -0.3 is 4.42 Å². The summed E-state index contributed by atoms with van der Waals surface area (Å²) in [4.78, 5) is 28.6. The molecule has 5 rings (SSSR count). The van der Waals surface area contributed by atoms with E-state index in [1.807, 2.05) is 37.3 Å². The standard InChI is InChI=1S/C24H15BrClNO3/c1-13-5-10-19-18(11-13)22(28)20-21(14-6-8-15(25)9-7-14)27(24(29)23(20)30-19)17-4-2-3-16(26)12-17/h2-12,21H,1H3. The number of aryl methyl sites for hydroxylation is 1. The number of nitrogens with zero attached hydrogens (tertiary/aromatic N) is 1. The van der Waals surface area contributed by atoms with Gasteiger partial charge in [-0.2, -0.15) is 0 Å². The third-order valence-electron chi connectivity index (χ3n) is 5.30. The maximum absolute atomic E-state index is 13.5. The molecule has 0 radical (unpaired) electrons. The van der Waals surface area contributed by atoms with Gasteiger partial charge in [0.25, 0.3) is 5.91 Å². The molecule has 4 aromatic rings. The van der Waals surface area contributed by atoms with Crippen molar-refractivity contribution in [1.29, 1.82) is 0 Å². The molecule has 148 valence electrons. The molecule has 0 bridgehead atoms. The highest BCUT2D eigenvalue weighted by Gasteiger charge is 2.43. The minimum atomic E-state index is -0.611. The normalized spacial score (nSPS) is 15.6. The van der Waals surface area contributed by atoms with Gasteiger partial charge in [-0.3, -0.25) is 14.5 Å². The molecule has 1 unspecified atom stereocenters. The Hall–Kier alpha value is -2.89. The van der Waals surface area contributed by atoms with Crippen LogP contribution >= 0.6 is 27.5 Å². The zero-order chi connectivity index (χ0) is 21.0. The van der Waals surface area contributed by atoms with E-state index in [2.05, 4.69) is 15.9 Å². The molecule has 0 aliphatic carbocycles. The lowest BCUT2D eigenvalue weighted by Crippen LogP contribution is -2.29. The van der Waals surface area contributed by atoms with Crippen molar-refractivity contribution in [3.63, 3.8) is 0 Å². The second-order valence-electron chi connectivity index (χ2n) is 7.28. The lowest BCUT2D eigenvalue weighted by atomic mass is 9.98. The Morgan fingerprint density at radius 3 is 2.50 bits per heavy atom. The van der Waals surface area contributed by atoms with E-state index >= 15 is 0 Å². The van der Waals surface area contributed by atoms with Crippen LogP contribution in [-0.2, 0) is 0 Å². The Morgan fingerprint density at radius 2 is 1.77 bits per heavy atom. The second-order valence-corrected chi connectivity index (χ2v) is 8.63. The number of hydrogen-bond acceptors (Lipinski definition) is 3. The molecule has 1 amide bonds. The number of anilines is 1. The van der Waals surface area contributed by atoms with Gasteiger partial charge in [0.2, 0.25) is 5.76 Å². The monoisotopic (exact) mass is 479 g/mol. The summed E-state index contributed by atoms with van der Waals surface area (Å²) in [5.41, 5.74) is 2.92. The van der Waals surface area contributed by atoms with E-state index < -0.39 is 6.04 Å². The topological polar surface area (TPSA) is 50.5 Å². The third-order valence-corrected chi connectivity index (χ3v) is 6.06. The van der Waals surface area contributed by atoms with Gasteiger partial charge in [-0.05, 0) is 55.0 Å². The minimum Gasteiger partial charge on any atom is -0.450 e. The van der Waals surface area contributed by atoms with Gasteiger partial charge in [-0.1, -0.05) is 57.4 Å². The average molecular weight is 481 g/mol. The number of halogens is 2. The van der Waals surface area contributed by atoms with Crippen molar-refractivity contribution < 1.29 is 9.21 Å². The zero-order valence-electron chi connectivity index (χ0n) is 15.9. The van der Waals surface area contributed by atoms with Crippen LogP contribution in [0.25, 0.3) is 11.0 Å². The van der Waals surface area contributed by atoms with Gasteiger partial charge >= 0.3 is 0 Å². The summed E-state index contributed by atoms with van der Waals surface area (Å²) in [7, 11) is 0. The molecule has 0 N–H and O–H groups in total. The van der Waals surface area contributed by atoms with Crippen molar-refractivity contribution in [2.45, 2.75) is 13.0 Å². The van der Waals surface area contributed by atoms with Crippen LogP contribution < -0.4 is 10.3 Å². The summed E-state index contributed by atoms with van der Waals surface area (Å²) >= 11 is 9.65. The van der Waals surface area contributed by atoms with E-state index in [-0.39, 0.29) is 17.1 Å². The fraction of sp³-hybridized carbons (Fsp3) is 0.0833. The fourth-order valence-corrected chi connectivity index (χ4v) is 4.39. The van der Waals surface area contributed by atoms with Crippen molar-refractivity contribution >= 4 is 50.1 Å². The lowest BCUT2D eigenvalue weighted by Gasteiger charge is -2.25. The first-order chi connectivity index (χ1) is 14.4. The fourth-order valence-electron chi connectivity index (χ4n) is 3.94. The van der Waals surface area contributed by atoms with E-state index in [9.17, 15) is 9.59 Å². The Morgan fingerprint density at radius 1 is 1.00 bits per heavy atom. The summed E-state index contributed by atoms with van der Waals surface area (Å²) in [6.07, 6.45) is 0. The molecule has 4 nitrogen and oxygen atoms in total. The van der Waals surface area contributed by atoms with Crippen LogP contribution in [0.2, 0.25) is 5.02 Å². The van der Waals surface area contributed by atoms with Gasteiger partial charge in [-0.25, -0.2) is 0 Å². The van der Waals surface area contributed by atoms with Crippen LogP contribution in [0, 0.1) is 6.92 Å². The first kappa shape index (κ1) is 19.1. The molecule has 0 saturated carbocycles. The van der Waals surface area contributed by atoms with Gasteiger partial charge in [0, 0.05) is 15.2 Å². The number of carbonyl (C=O) groups is 1. The first-order valence-electron chi connectivity index (χ1n) is 9.36. The molecule has 6 heteroatoms. The van der Waals surface area contributed by atoms with E-state index in [0.29, 0.717) is 27.2 Å². The molecule has 0 spiro atoms. The van der Waals surface area contributed by atoms with Crippen molar-refractivity contribution in [2.75, 3.05) is 4.90 Å². The summed E-state index contributed by atoms with van der Waals surface area (Å²) in [5, 5.41) is 0.975. The second kappa shape index (κ2) is 7.11. The SMILES string of the molecule is Cc1ccc2oc3c(c(=O)c2c1)C(c1ccc(Br)cc1)N(c1cccc(Cl)c1)C3=O. The lowest BCUT2D eigenvalue weighted by molar-refractivity contribution is 0.0971. The van der Waals surface area contributed by atoms with Crippen LogP contribution in [0.5, 0.6) is 0 Å². The number of benzene rings is 3. The van der Waals surface area contributed by atoms with Crippen LogP contribution in [0.1, 0.15) is 33.3 Å². The smallest absolute Gasteiger partial charge is 0.295 e. The molecule has 2 heterocycles. The van der Waals surface area contributed by atoms with Gasteiger partial charge in [0.15, 0.2) is 5.43 Å². The molecule has 1 aliphatic rings. The number of hydrogen-bond donors (Lipinski definition) is 0. The molecule has 3 aromatic carbocycles. The highest BCUT2D eigenvalue weighted by molar-refractivity contribution is 9.10. The predicted molar refractivity (Wildman–Crippen MR) is 121 cm³/mol. The number of carbonyl (C=O) groups excluding carboxylic acids is 1. The Kier molecular flexibility index (Phi) is 4.53. The Labute approximate surface area is 185 Å². The van der Waals surface area contributed by atoms with E-state index in [1.165, 1.54) is 0 Å². The first-order valence-corrected chi connectivity index (χ1v) is 10.5. The van der Waals surface area contributed by atoms with E-state index in [1.54, 1.807) is 41.3 Å². The van der Waals surface area contributed by atoms with Crippen LogP contribution in [0.3, 0.4) is 0 Å². The average Bonchev–Trinajstić information content (AvgIpc) is 3.02. The predicted octanol–water partition coefficient (Wildman–Crippen LogP) is 6.27. The summed E-state index contributed by atoms with van der Waals surface area (Å²) in [6, 6.07) is 19.4. The summed E-state index contributed by atoms with van der Waals surface area (Å²) in [5.74, 6) is -0.288. The van der Waals surface area contributed by atoms with E-state index in [4.69, 9.17) is 16.0 Å². The maximum Gasteiger partial charge on any atom is 0.295 e.